The Hall–Kier alpha value is -3.36. The molecule has 9 nitrogen and oxygen atoms in total. The molecule has 2 rings (SSSR count). The summed E-state index contributed by atoms with van der Waals surface area (Å²) in [4.78, 5) is 35.7. The van der Waals surface area contributed by atoms with Crippen LogP contribution >= 0.6 is 0 Å². The summed E-state index contributed by atoms with van der Waals surface area (Å²) in [7, 11) is 0. The molecule has 3 amide bonds. The van der Waals surface area contributed by atoms with Gasteiger partial charge in [0.1, 0.15) is 0 Å². The van der Waals surface area contributed by atoms with E-state index in [2.05, 4.69) is 21.1 Å². The molecule has 0 aliphatic heterocycles. The van der Waals surface area contributed by atoms with Crippen molar-refractivity contribution in [3.8, 4) is 0 Å². The molecular formula is C21H28N4O5. The normalized spacial score (nSPS) is 11.1. The second-order valence-electron chi connectivity index (χ2n) is 8.13. The molecule has 0 fully saturated rings. The summed E-state index contributed by atoms with van der Waals surface area (Å²) in [6.07, 6.45) is 0. The van der Waals surface area contributed by atoms with E-state index in [0.29, 0.717) is 17.8 Å². The first-order valence-corrected chi connectivity index (χ1v) is 9.62. The van der Waals surface area contributed by atoms with Crippen LogP contribution in [-0.4, -0.2) is 35.7 Å². The smallest absolute Gasteiger partial charge is 0.338 e. The van der Waals surface area contributed by atoms with E-state index in [4.69, 9.17) is 9.26 Å². The van der Waals surface area contributed by atoms with E-state index in [1.165, 1.54) is 0 Å². The number of nitrogens with zero attached hydrogens (tertiary/aromatic N) is 1. The van der Waals surface area contributed by atoms with Gasteiger partial charge in [-0.1, -0.05) is 38.1 Å². The van der Waals surface area contributed by atoms with Gasteiger partial charge in [0.15, 0.2) is 6.61 Å². The average molecular weight is 416 g/mol. The summed E-state index contributed by atoms with van der Waals surface area (Å²) in [6, 6.07) is 7.97. The van der Waals surface area contributed by atoms with Crippen LogP contribution in [0.15, 0.2) is 34.9 Å². The number of hydrogen-bond acceptors (Lipinski definition) is 6. The van der Waals surface area contributed by atoms with Crippen molar-refractivity contribution in [2.75, 3.05) is 11.9 Å². The number of esters is 1. The highest BCUT2D eigenvalue weighted by Crippen LogP contribution is 2.23. The molecule has 3 N–H and O–H groups in total. The fraction of sp³-hybridized carbons (Fsp3) is 0.429. The fourth-order valence-electron chi connectivity index (χ4n) is 2.33. The van der Waals surface area contributed by atoms with Gasteiger partial charge in [0.25, 0.3) is 5.91 Å². The molecule has 9 heteroatoms. The van der Waals surface area contributed by atoms with Crippen molar-refractivity contribution in [1.29, 1.82) is 0 Å². The highest BCUT2D eigenvalue weighted by molar-refractivity contribution is 5.94. The minimum atomic E-state index is -0.629. The molecule has 0 saturated heterocycles. The molecule has 1 heterocycles. The van der Waals surface area contributed by atoms with Crippen molar-refractivity contribution in [1.82, 2.24) is 15.8 Å². The Kier molecular flexibility index (Phi) is 7.57. The highest BCUT2D eigenvalue weighted by Gasteiger charge is 2.20. The predicted octanol–water partition coefficient (Wildman–Crippen LogP) is 2.98. The quantitative estimate of drug-likeness (QED) is 0.597. The zero-order chi connectivity index (χ0) is 22.3. The van der Waals surface area contributed by atoms with Crippen LogP contribution < -0.4 is 16.0 Å². The minimum absolute atomic E-state index is 0.0453. The van der Waals surface area contributed by atoms with E-state index >= 15 is 0 Å². The lowest BCUT2D eigenvalue weighted by Crippen LogP contribution is -2.39. The second-order valence-corrected chi connectivity index (χ2v) is 8.13. The van der Waals surface area contributed by atoms with E-state index in [0.717, 1.165) is 5.56 Å². The first kappa shape index (κ1) is 22.9. The van der Waals surface area contributed by atoms with Crippen molar-refractivity contribution in [2.24, 2.45) is 0 Å². The maximum Gasteiger partial charge on any atom is 0.338 e. The van der Waals surface area contributed by atoms with Crippen molar-refractivity contribution in [3.05, 3.63) is 47.2 Å². The van der Waals surface area contributed by atoms with Gasteiger partial charge < -0.3 is 19.9 Å². The third-order valence-corrected chi connectivity index (χ3v) is 3.94. The lowest BCUT2D eigenvalue weighted by atomic mass is 9.92. The van der Waals surface area contributed by atoms with E-state index in [-0.39, 0.29) is 23.4 Å². The number of hydrogen-bond donors (Lipinski definition) is 3. The van der Waals surface area contributed by atoms with Gasteiger partial charge in [0, 0.05) is 24.1 Å². The van der Waals surface area contributed by atoms with E-state index in [1.54, 1.807) is 30.3 Å². The van der Waals surface area contributed by atoms with Gasteiger partial charge in [-0.25, -0.2) is 9.59 Å². The van der Waals surface area contributed by atoms with Gasteiger partial charge in [-0.15, -0.1) is 0 Å². The van der Waals surface area contributed by atoms with E-state index < -0.39 is 18.5 Å². The maximum atomic E-state index is 12.1. The standard InChI is InChI=1S/C21H28N4O5/c1-13(2)23-20(28)22-11-14-6-8-15(9-7-14)19(27)29-12-17(26)24-18-10-16(25-30-18)21(3,4)5/h6-10,13H,11-12H2,1-5H3,(H,24,26)(H2,22,23,28). The molecule has 162 valence electrons. The Morgan fingerprint density at radius 1 is 1.13 bits per heavy atom. The van der Waals surface area contributed by atoms with Gasteiger partial charge in [-0.05, 0) is 31.5 Å². The molecule has 0 unspecified atom stereocenters. The number of urea groups is 1. The highest BCUT2D eigenvalue weighted by atomic mass is 16.5. The maximum absolute atomic E-state index is 12.1. The number of rotatable bonds is 7. The van der Waals surface area contributed by atoms with Crippen LogP contribution in [0.25, 0.3) is 0 Å². The molecule has 0 bridgehead atoms. The van der Waals surface area contributed by atoms with Crippen molar-refractivity contribution in [2.45, 2.75) is 52.6 Å². The third kappa shape index (κ3) is 7.23. The first-order chi connectivity index (χ1) is 14.0. The van der Waals surface area contributed by atoms with Crippen LogP contribution in [0.3, 0.4) is 0 Å². The van der Waals surface area contributed by atoms with Crippen LogP contribution in [-0.2, 0) is 21.5 Å². The number of benzene rings is 1. The minimum Gasteiger partial charge on any atom is -0.452 e. The summed E-state index contributed by atoms with van der Waals surface area (Å²) < 4.78 is 10.1. The van der Waals surface area contributed by atoms with Crippen LogP contribution in [0.5, 0.6) is 0 Å². The van der Waals surface area contributed by atoms with Gasteiger partial charge in [-0.2, -0.15) is 0 Å². The summed E-state index contributed by atoms with van der Waals surface area (Å²) in [5, 5.41) is 11.8. The number of ether oxygens (including phenoxy) is 1. The summed E-state index contributed by atoms with van der Waals surface area (Å²) in [5.74, 6) is -0.966. The Morgan fingerprint density at radius 2 is 1.80 bits per heavy atom. The molecule has 1 aromatic carbocycles. The fourth-order valence-corrected chi connectivity index (χ4v) is 2.33. The number of nitrogens with one attached hydrogen (secondary N) is 3. The molecule has 0 saturated carbocycles. The SMILES string of the molecule is CC(C)NC(=O)NCc1ccc(C(=O)OCC(=O)Nc2cc(C(C)(C)C)no2)cc1. The van der Waals surface area contributed by atoms with E-state index in [1.807, 2.05) is 34.6 Å². The number of amides is 3. The molecular weight excluding hydrogens is 388 g/mol. The van der Waals surface area contributed by atoms with Gasteiger partial charge in [0.2, 0.25) is 5.88 Å². The lowest BCUT2D eigenvalue weighted by Gasteiger charge is -2.12. The van der Waals surface area contributed by atoms with Crippen LogP contribution in [0.4, 0.5) is 10.7 Å². The molecule has 0 spiro atoms. The molecule has 2 aromatic rings. The average Bonchev–Trinajstić information content (AvgIpc) is 3.13. The molecule has 0 aliphatic carbocycles. The number of carbonyl (C=O) groups is 3. The zero-order valence-corrected chi connectivity index (χ0v) is 17.9. The predicted molar refractivity (Wildman–Crippen MR) is 111 cm³/mol. The number of aromatic nitrogens is 1. The van der Waals surface area contributed by atoms with Gasteiger partial charge in [0.05, 0.1) is 11.3 Å². The topological polar surface area (TPSA) is 123 Å². The molecule has 1 aromatic heterocycles. The third-order valence-electron chi connectivity index (χ3n) is 3.94. The molecule has 0 atom stereocenters. The van der Waals surface area contributed by atoms with Gasteiger partial charge >= 0.3 is 12.0 Å². The Bertz CT molecular complexity index is 882. The van der Waals surface area contributed by atoms with Crippen LogP contribution in [0, 0.1) is 0 Å². The molecule has 30 heavy (non-hydrogen) atoms. The molecule has 0 aliphatic rings. The Balaban J connectivity index is 1.79. The van der Waals surface area contributed by atoms with Crippen molar-refractivity contribution < 1.29 is 23.6 Å². The van der Waals surface area contributed by atoms with Crippen LogP contribution in [0.1, 0.15) is 56.2 Å². The summed E-state index contributed by atoms with van der Waals surface area (Å²) >= 11 is 0. The number of anilines is 1. The Labute approximate surface area is 175 Å². The van der Waals surface area contributed by atoms with E-state index in [9.17, 15) is 14.4 Å². The monoisotopic (exact) mass is 416 g/mol. The van der Waals surface area contributed by atoms with Crippen molar-refractivity contribution >= 4 is 23.8 Å². The molecule has 0 radical (unpaired) electrons. The largest absolute Gasteiger partial charge is 0.452 e. The number of carbonyl (C=O) groups excluding carboxylic acids is 3. The summed E-state index contributed by atoms with van der Waals surface area (Å²) in [6.45, 7) is 9.52. The van der Waals surface area contributed by atoms with Crippen LogP contribution in [0.2, 0.25) is 0 Å². The summed E-state index contributed by atoms with van der Waals surface area (Å²) in [5.41, 5.74) is 1.61. The first-order valence-electron chi connectivity index (χ1n) is 9.62. The second kappa shape index (κ2) is 9.91. The lowest BCUT2D eigenvalue weighted by molar-refractivity contribution is -0.119. The van der Waals surface area contributed by atoms with Gasteiger partial charge in [-0.3, -0.25) is 10.1 Å². The Morgan fingerprint density at radius 3 is 2.37 bits per heavy atom. The zero-order valence-electron chi connectivity index (χ0n) is 17.9. The van der Waals surface area contributed by atoms with Crippen molar-refractivity contribution in [3.63, 3.8) is 0 Å².